The molecule has 1 aliphatic rings. The fraction of sp³-hybridized carbons (Fsp3) is 0.833. The van der Waals surface area contributed by atoms with Gasteiger partial charge in [-0.15, -0.1) is 0 Å². The number of carbonyl (C=O) groups excluding carboxylic acids is 1. The molecule has 1 saturated heterocycles. The first-order valence-corrected chi connectivity index (χ1v) is 3.13. The van der Waals surface area contributed by atoms with Crippen molar-refractivity contribution < 1.29 is 9.18 Å². The summed E-state index contributed by atoms with van der Waals surface area (Å²) < 4.78 is 12.9. The molecule has 9 heavy (non-hydrogen) atoms. The summed E-state index contributed by atoms with van der Waals surface area (Å²) >= 11 is 0. The molecule has 0 aromatic heterocycles. The van der Waals surface area contributed by atoms with Gasteiger partial charge in [0.05, 0.1) is 0 Å². The Labute approximate surface area is 53.4 Å². The number of piperidine rings is 1. The highest BCUT2D eigenvalue weighted by molar-refractivity contribution is 5.62. The van der Waals surface area contributed by atoms with Crippen LogP contribution in [0.15, 0.2) is 0 Å². The maximum Gasteiger partial charge on any atom is 0.178 e. The first-order valence-electron chi connectivity index (χ1n) is 3.13. The van der Waals surface area contributed by atoms with Crippen LogP contribution in [0.25, 0.3) is 0 Å². The number of aldehydes is 1. The third kappa shape index (κ3) is 1.48. The predicted molar refractivity (Wildman–Crippen MR) is 32.0 cm³/mol. The van der Waals surface area contributed by atoms with E-state index in [0.717, 1.165) is 13.0 Å². The Morgan fingerprint density at radius 1 is 1.67 bits per heavy atom. The van der Waals surface area contributed by atoms with E-state index in [9.17, 15) is 9.18 Å². The van der Waals surface area contributed by atoms with E-state index in [-0.39, 0.29) is 6.54 Å². The molecular formula is C6H10FNO. The average Bonchev–Trinajstić information content (AvgIpc) is 1.90. The van der Waals surface area contributed by atoms with Crippen LogP contribution < -0.4 is 5.32 Å². The highest BCUT2D eigenvalue weighted by Gasteiger charge is 2.30. The number of halogens is 1. The molecule has 2 nitrogen and oxygen atoms in total. The SMILES string of the molecule is O=CC1(F)CCCNC1. The molecule has 1 fully saturated rings. The minimum atomic E-state index is -1.57. The summed E-state index contributed by atoms with van der Waals surface area (Å²) in [5.74, 6) is 0. The molecule has 1 heterocycles. The van der Waals surface area contributed by atoms with Crippen LogP contribution in [-0.2, 0) is 4.79 Å². The lowest BCUT2D eigenvalue weighted by molar-refractivity contribution is -0.118. The van der Waals surface area contributed by atoms with Gasteiger partial charge in [-0.25, -0.2) is 4.39 Å². The zero-order valence-electron chi connectivity index (χ0n) is 5.19. The summed E-state index contributed by atoms with van der Waals surface area (Å²) in [6.45, 7) is 1.02. The molecule has 0 aromatic carbocycles. The van der Waals surface area contributed by atoms with Gasteiger partial charge in [0.25, 0.3) is 0 Å². The average molecular weight is 131 g/mol. The Morgan fingerprint density at radius 3 is 2.78 bits per heavy atom. The Morgan fingerprint density at radius 2 is 2.44 bits per heavy atom. The van der Waals surface area contributed by atoms with Gasteiger partial charge in [0, 0.05) is 6.54 Å². The van der Waals surface area contributed by atoms with Crippen LogP contribution >= 0.6 is 0 Å². The molecular weight excluding hydrogens is 121 g/mol. The van der Waals surface area contributed by atoms with E-state index >= 15 is 0 Å². The van der Waals surface area contributed by atoms with Crippen LogP contribution in [0, 0.1) is 0 Å². The van der Waals surface area contributed by atoms with Crippen molar-refractivity contribution in [3.63, 3.8) is 0 Å². The van der Waals surface area contributed by atoms with Crippen molar-refractivity contribution in [1.29, 1.82) is 0 Å². The van der Waals surface area contributed by atoms with Crippen molar-refractivity contribution in [2.45, 2.75) is 18.5 Å². The van der Waals surface area contributed by atoms with Crippen molar-refractivity contribution in [2.75, 3.05) is 13.1 Å². The van der Waals surface area contributed by atoms with Crippen LogP contribution in [0.4, 0.5) is 4.39 Å². The molecule has 0 radical (unpaired) electrons. The topological polar surface area (TPSA) is 29.1 Å². The normalized spacial score (nSPS) is 36.1. The van der Waals surface area contributed by atoms with Gasteiger partial charge < -0.3 is 5.32 Å². The molecule has 3 heteroatoms. The van der Waals surface area contributed by atoms with Crippen LogP contribution in [0.3, 0.4) is 0 Å². The first kappa shape index (κ1) is 6.68. The number of hydrogen-bond acceptors (Lipinski definition) is 2. The molecule has 1 atom stereocenters. The second kappa shape index (κ2) is 2.43. The van der Waals surface area contributed by atoms with Crippen molar-refractivity contribution in [3.8, 4) is 0 Å². The van der Waals surface area contributed by atoms with E-state index in [4.69, 9.17) is 0 Å². The molecule has 0 spiro atoms. The molecule has 1 unspecified atom stereocenters. The Bertz CT molecular complexity index is 110. The quantitative estimate of drug-likeness (QED) is 0.518. The lowest BCUT2D eigenvalue weighted by atomic mass is 9.98. The van der Waals surface area contributed by atoms with Crippen molar-refractivity contribution in [2.24, 2.45) is 0 Å². The number of hydrogen-bond donors (Lipinski definition) is 1. The maximum atomic E-state index is 12.9. The summed E-state index contributed by atoms with van der Waals surface area (Å²) in [6, 6.07) is 0. The minimum Gasteiger partial charge on any atom is -0.313 e. The third-order valence-electron chi connectivity index (χ3n) is 1.58. The summed E-state index contributed by atoms with van der Waals surface area (Å²) in [5.41, 5.74) is -1.57. The van der Waals surface area contributed by atoms with Crippen LogP contribution in [-0.4, -0.2) is 25.0 Å². The molecule has 0 saturated carbocycles. The second-order valence-corrected chi connectivity index (χ2v) is 2.43. The van der Waals surface area contributed by atoms with E-state index < -0.39 is 5.67 Å². The van der Waals surface area contributed by atoms with E-state index in [1.807, 2.05) is 0 Å². The summed E-state index contributed by atoms with van der Waals surface area (Å²) in [6.07, 6.45) is 1.54. The number of rotatable bonds is 1. The number of carbonyl (C=O) groups is 1. The predicted octanol–water partition coefficient (Wildman–Crippen LogP) is 0.277. The highest BCUT2D eigenvalue weighted by atomic mass is 19.1. The Hall–Kier alpha value is -0.440. The van der Waals surface area contributed by atoms with Crippen molar-refractivity contribution in [1.82, 2.24) is 5.32 Å². The molecule has 52 valence electrons. The Kier molecular flexibility index (Phi) is 1.81. The van der Waals surface area contributed by atoms with E-state index in [1.165, 1.54) is 0 Å². The minimum absolute atomic E-state index is 0.191. The van der Waals surface area contributed by atoms with E-state index in [0.29, 0.717) is 12.7 Å². The van der Waals surface area contributed by atoms with Crippen LogP contribution in [0.5, 0.6) is 0 Å². The smallest absolute Gasteiger partial charge is 0.178 e. The van der Waals surface area contributed by atoms with Gasteiger partial charge in [0.1, 0.15) is 0 Å². The number of nitrogens with one attached hydrogen (secondary N) is 1. The van der Waals surface area contributed by atoms with Gasteiger partial charge in [-0.3, -0.25) is 4.79 Å². The standard InChI is InChI=1S/C6H10FNO/c7-6(5-9)2-1-3-8-4-6/h5,8H,1-4H2. The van der Waals surface area contributed by atoms with E-state index in [1.54, 1.807) is 0 Å². The lowest BCUT2D eigenvalue weighted by Gasteiger charge is -2.23. The zero-order valence-corrected chi connectivity index (χ0v) is 5.19. The molecule has 0 aliphatic carbocycles. The summed E-state index contributed by atoms with van der Waals surface area (Å²) in [7, 11) is 0. The van der Waals surface area contributed by atoms with Gasteiger partial charge in [0.15, 0.2) is 12.0 Å². The number of alkyl halides is 1. The van der Waals surface area contributed by atoms with Crippen LogP contribution in [0.2, 0.25) is 0 Å². The largest absolute Gasteiger partial charge is 0.313 e. The van der Waals surface area contributed by atoms with Gasteiger partial charge in [-0.2, -0.15) is 0 Å². The fourth-order valence-electron chi connectivity index (χ4n) is 0.992. The van der Waals surface area contributed by atoms with Gasteiger partial charge >= 0.3 is 0 Å². The lowest BCUT2D eigenvalue weighted by Crippen LogP contribution is -2.43. The van der Waals surface area contributed by atoms with Crippen molar-refractivity contribution >= 4 is 6.29 Å². The zero-order chi connectivity index (χ0) is 6.74. The molecule has 0 aromatic rings. The van der Waals surface area contributed by atoms with E-state index in [2.05, 4.69) is 5.32 Å². The van der Waals surface area contributed by atoms with Crippen LogP contribution in [0.1, 0.15) is 12.8 Å². The fourth-order valence-corrected chi connectivity index (χ4v) is 0.992. The van der Waals surface area contributed by atoms with Gasteiger partial charge in [-0.1, -0.05) is 0 Å². The first-order chi connectivity index (χ1) is 4.27. The van der Waals surface area contributed by atoms with Gasteiger partial charge in [0.2, 0.25) is 0 Å². The molecule has 1 rings (SSSR count). The monoisotopic (exact) mass is 131 g/mol. The highest BCUT2D eigenvalue weighted by Crippen LogP contribution is 2.17. The van der Waals surface area contributed by atoms with Gasteiger partial charge in [-0.05, 0) is 19.4 Å². The molecule has 1 N–H and O–H groups in total. The summed E-state index contributed by atoms with van der Waals surface area (Å²) in [4.78, 5) is 10.1. The second-order valence-electron chi connectivity index (χ2n) is 2.43. The Balaban J connectivity index is 2.46. The maximum absolute atomic E-state index is 12.9. The molecule has 0 bridgehead atoms. The summed E-state index contributed by atoms with van der Waals surface area (Å²) in [5, 5.41) is 2.82. The molecule has 1 aliphatic heterocycles. The third-order valence-corrected chi connectivity index (χ3v) is 1.58. The van der Waals surface area contributed by atoms with Crippen molar-refractivity contribution in [3.05, 3.63) is 0 Å². The molecule has 0 amide bonds.